The van der Waals surface area contributed by atoms with Gasteiger partial charge in [-0.25, -0.2) is 0 Å². The zero-order valence-electron chi connectivity index (χ0n) is 15.7. The smallest absolute Gasteiger partial charge is 0.261 e. The number of carbonyl (C=O) groups is 3. The van der Waals surface area contributed by atoms with Gasteiger partial charge >= 0.3 is 0 Å². The van der Waals surface area contributed by atoms with Crippen molar-refractivity contribution in [3.05, 3.63) is 59.0 Å². The lowest BCUT2D eigenvalue weighted by Crippen LogP contribution is -2.31. The molecule has 0 atom stereocenters. The summed E-state index contributed by atoms with van der Waals surface area (Å²) in [5.41, 5.74) is 0.888. The molecule has 0 spiro atoms. The summed E-state index contributed by atoms with van der Waals surface area (Å²) in [6, 6.07) is 10.1. The van der Waals surface area contributed by atoms with Gasteiger partial charge in [0, 0.05) is 18.7 Å². The molecule has 2 heterocycles. The molecule has 7 heteroatoms. The standard InChI is InChI=1S/C21H21N3O4/c1-2-3-11-24-20(26)17-8-7-15(13-18(17)21(24)27)19(25)23(10-5-9-22)14-16-6-4-12-28-16/h4,6-8,12-13H,2-3,5,10-11,14H2,1H3. The molecule has 1 aromatic carbocycles. The highest BCUT2D eigenvalue weighted by molar-refractivity contribution is 6.22. The number of rotatable bonds is 8. The Morgan fingerprint density at radius 3 is 2.68 bits per heavy atom. The maximum absolute atomic E-state index is 13.0. The van der Waals surface area contributed by atoms with Crippen molar-refractivity contribution < 1.29 is 18.8 Å². The summed E-state index contributed by atoms with van der Waals surface area (Å²) >= 11 is 0. The summed E-state index contributed by atoms with van der Waals surface area (Å²) in [6.45, 7) is 2.82. The summed E-state index contributed by atoms with van der Waals surface area (Å²) in [4.78, 5) is 40.8. The van der Waals surface area contributed by atoms with Crippen molar-refractivity contribution in [3.8, 4) is 6.07 Å². The molecule has 144 valence electrons. The monoisotopic (exact) mass is 379 g/mol. The highest BCUT2D eigenvalue weighted by Crippen LogP contribution is 2.25. The molecular weight excluding hydrogens is 358 g/mol. The van der Waals surface area contributed by atoms with E-state index in [4.69, 9.17) is 9.68 Å². The van der Waals surface area contributed by atoms with Gasteiger partial charge in [-0.15, -0.1) is 0 Å². The Labute approximate surface area is 163 Å². The molecule has 3 amide bonds. The second kappa shape index (κ2) is 8.53. The first-order chi connectivity index (χ1) is 13.6. The van der Waals surface area contributed by atoms with Gasteiger partial charge in [0.15, 0.2) is 0 Å². The molecule has 0 aliphatic carbocycles. The third kappa shape index (κ3) is 3.81. The fraction of sp³-hybridized carbons (Fsp3) is 0.333. The van der Waals surface area contributed by atoms with Gasteiger partial charge in [0.1, 0.15) is 5.76 Å². The minimum atomic E-state index is -0.363. The number of imide groups is 1. The van der Waals surface area contributed by atoms with Crippen LogP contribution >= 0.6 is 0 Å². The van der Waals surface area contributed by atoms with E-state index in [1.54, 1.807) is 18.2 Å². The predicted molar refractivity (Wildman–Crippen MR) is 100 cm³/mol. The number of fused-ring (bicyclic) bond motifs is 1. The largest absolute Gasteiger partial charge is 0.467 e. The van der Waals surface area contributed by atoms with Gasteiger partial charge in [0.25, 0.3) is 17.7 Å². The molecule has 0 fully saturated rings. The minimum absolute atomic E-state index is 0.180. The van der Waals surface area contributed by atoms with Crippen molar-refractivity contribution in [1.82, 2.24) is 9.80 Å². The first-order valence-electron chi connectivity index (χ1n) is 9.25. The Morgan fingerprint density at radius 1 is 1.21 bits per heavy atom. The van der Waals surface area contributed by atoms with Gasteiger partial charge in [0.05, 0.1) is 36.4 Å². The molecule has 0 saturated heterocycles. The fourth-order valence-corrected chi connectivity index (χ4v) is 3.15. The lowest BCUT2D eigenvalue weighted by molar-refractivity contribution is 0.0651. The molecule has 0 bridgehead atoms. The van der Waals surface area contributed by atoms with E-state index < -0.39 is 0 Å². The molecule has 0 unspecified atom stereocenters. The number of amides is 3. The van der Waals surface area contributed by atoms with E-state index in [1.807, 2.05) is 13.0 Å². The quantitative estimate of drug-likeness (QED) is 0.656. The van der Waals surface area contributed by atoms with E-state index >= 15 is 0 Å². The first-order valence-corrected chi connectivity index (χ1v) is 9.25. The van der Waals surface area contributed by atoms with Crippen LogP contribution in [0.5, 0.6) is 0 Å². The Balaban J connectivity index is 1.84. The molecule has 1 aromatic heterocycles. The molecule has 3 rings (SSSR count). The minimum Gasteiger partial charge on any atom is -0.467 e. The van der Waals surface area contributed by atoms with Crippen LogP contribution in [0.25, 0.3) is 0 Å². The highest BCUT2D eigenvalue weighted by atomic mass is 16.3. The predicted octanol–water partition coefficient (Wildman–Crippen LogP) is 3.23. The van der Waals surface area contributed by atoms with Gasteiger partial charge < -0.3 is 9.32 Å². The Bertz CT molecular complexity index is 928. The number of furan rings is 1. The molecule has 0 N–H and O–H groups in total. The molecule has 2 aromatic rings. The van der Waals surface area contributed by atoms with Gasteiger partial charge in [-0.05, 0) is 36.8 Å². The average Bonchev–Trinajstić information content (AvgIpc) is 3.30. The van der Waals surface area contributed by atoms with Crippen molar-refractivity contribution in [2.75, 3.05) is 13.1 Å². The SMILES string of the molecule is CCCCN1C(=O)c2ccc(C(=O)N(CCC#N)Cc3ccco3)cc2C1=O. The number of carbonyl (C=O) groups excluding carboxylic acids is 3. The zero-order valence-corrected chi connectivity index (χ0v) is 15.7. The third-order valence-electron chi connectivity index (χ3n) is 4.66. The van der Waals surface area contributed by atoms with Crippen molar-refractivity contribution in [3.63, 3.8) is 0 Å². The van der Waals surface area contributed by atoms with E-state index in [0.29, 0.717) is 23.4 Å². The molecule has 1 aliphatic rings. The Hall–Kier alpha value is -3.40. The van der Waals surface area contributed by atoms with Crippen LogP contribution in [0.4, 0.5) is 0 Å². The molecule has 7 nitrogen and oxygen atoms in total. The van der Waals surface area contributed by atoms with Gasteiger partial charge in [-0.3, -0.25) is 19.3 Å². The van der Waals surface area contributed by atoms with E-state index in [1.165, 1.54) is 28.2 Å². The zero-order chi connectivity index (χ0) is 20.1. The fourth-order valence-electron chi connectivity index (χ4n) is 3.15. The Kier molecular flexibility index (Phi) is 5.90. The normalized spacial score (nSPS) is 12.8. The van der Waals surface area contributed by atoms with Crippen LogP contribution in [0.2, 0.25) is 0 Å². The number of nitrogens with zero attached hydrogens (tertiary/aromatic N) is 3. The van der Waals surface area contributed by atoms with Crippen LogP contribution in [0.1, 0.15) is 63.0 Å². The van der Waals surface area contributed by atoms with Gasteiger partial charge in [-0.1, -0.05) is 13.3 Å². The first kappa shape index (κ1) is 19.4. The van der Waals surface area contributed by atoms with Crippen molar-refractivity contribution >= 4 is 17.7 Å². The summed E-state index contributed by atoms with van der Waals surface area (Å²) < 4.78 is 5.30. The lowest BCUT2D eigenvalue weighted by atomic mass is 10.0. The van der Waals surface area contributed by atoms with E-state index in [-0.39, 0.29) is 42.8 Å². The summed E-state index contributed by atoms with van der Waals surface area (Å²) in [7, 11) is 0. The van der Waals surface area contributed by atoms with Crippen LogP contribution in [-0.2, 0) is 6.54 Å². The number of hydrogen-bond acceptors (Lipinski definition) is 5. The van der Waals surface area contributed by atoms with E-state index in [2.05, 4.69) is 0 Å². The van der Waals surface area contributed by atoms with Crippen LogP contribution < -0.4 is 0 Å². The van der Waals surface area contributed by atoms with Crippen molar-refractivity contribution in [2.24, 2.45) is 0 Å². The molecule has 28 heavy (non-hydrogen) atoms. The molecule has 1 aliphatic heterocycles. The average molecular weight is 379 g/mol. The highest BCUT2D eigenvalue weighted by Gasteiger charge is 2.35. The second-order valence-corrected chi connectivity index (χ2v) is 6.59. The molecule has 0 saturated carbocycles. The van der Waals surface area contributed by atoms with Crippen LogP contribution in [0, 0.1) is 11.3 Å². The van der Waals surface area contributed by atoms with Crippen molar-refractivity contribution in [2.45, 2.75) is 32.7 Å². The summed E-state index contributed by atoms with van der Waals surface area (Å²) in [5, 5.41) is 8.89. The topological polar surface area (TPSA) is 94.6 Å². The van der Waals surface area contributed by atoms with Gasteiger partial charge in [0.2, 0.25) is 0 Å². The summed E-state index contributed by atoms with van der Waals surface area (Å²) in [5.74, 6) is -0.395. The number of benzene rings is 1. The van der Waals surface area contributed by atoms with Crippen LogP contribution in [0.15, 0.2) is 41.0 Å². The lowest BCUT2D eigenvalue weighted by Gasteiger charge is -2.20. The molecule has 0 radical (unpaired) electrons. The summed E-state index contributed by atoms with van der Waals surface area (Å²) in [6.07, 6.45) is 3.31. The van der Waals surface area contributed by atoms with Crippen LogP contribution in [-0.4, -0.2) is 40.6 Å². The maximum Gasteiger partial charge on any atom is 0.261 e. The number of unbranched alkanes of at least 4 members (excludes halogenated alkanes) is 1. The maximum atomic E-state index is 13.0. The number of hydrogen-bond donors (Lipinski definition) is 0. The molecular formula is C21H21N3O4. The Morgan fingerprint density at radius 2 is 2.00 bits per heavy atom. The van der Waals surface area contributed by atoms with Crippen LogP contribution in [0.3, 0.4) is 0 Å². The second-order valence-electron chi connectivity index (χ2n) is 6.59. The van der Waals surface area contributed by atoms with E-state index in [9.17, 15) is 14.4 Å². The van der Waals surface area contributed by atoms with Crippen molar-refractivity contribution in [1.29, 1.82) is 5.26 Å². The van der Waals surface area contributed by atoms with Gasteiger partial charge in [-0.2, -0.15) is 5.26 Å². The van der Waals surface area contributed by atoms with E-state index in [0.717, 1.165) is 12.8 Å². The third-order valence-corrected chi connectivity index (χ3v) is 4.66. The number of nitriles is 1.